The molecule has 0 bridgehead atoms. The molecule has 1 aliphatic rings. The molecule has 0 saturated carbocycles. The monoisotopic (exact) mass is 315 g/mol. The van der Waals surface area contributed by atoms with Gasteiger partial charge in [0.15, 0.2) is 8.32 Å². The summed E-state index contributed by atoms with van der Waals surface area (Å²) in [5.74, 6) is 0. The first kappa shape index (κ1) is 22.2. The maximum absolute atomic E-state index is 5.88. The average Bonchev–Trinajstić information content (AvgIpc) is 2.52. The first-order valence-corrected chi connectivity index (χ1v) is 8.16. The van der Waals surface area contributed by atoms with Crippen LogP contribution in [0.3, 0.4) is 0 Å². The van der Waals surface area contributed by atoms with Gasteiger partial charge in [-0.05, 0) is 25.6 Å². The second-order valence-electron chi connectivity index (χ2n) is 4.09. The topological polar surface area (TPSA) is 9.23 Å². The van der Waals surface area contributed by atoms with Gasteiger partial charge in [0.05, 0.1) is 0 Å². The van der Waals surface area contributed by atoms with Crippen LogP contribution in [0.25, 0.3) is 0 Å². The van der Waals surface area contributed by atoms with E-state index in [-0.39, 0.29) is 46.5 Å². The number of halogens is 2. The van der Waals surface area contributed by atoms with Crippen molar-refractivity contribution in [3.8, 4) is 0 Å². The van der Waals surface area contributed by atoms with Gasteiger partial charge in [-0.15, -0.1) is 31.2 Å². The zero-order valence-corrected chi connectivity index (χ0v) is 14.4. The van der Waals surface area contributed by atoms with Crippen LogP contribution in [0.2, 0.25) is 19.1 Å². The number of allylic oxidation sites excluding steroid dienone is 4. The summed E-state index contributed by atoms with van der Waals surface area (Å²) in [4.78, 5) is 0. The first-order valence-electron chi connectivity index (χ1n) is 5.04. The van der Waals surface area contributed by atoms with Crippen LogP contribution in [0.5, 0.6) is 0 Å². The van der Waals surface area contributed by atoms with Crippen LogP contribution in [0.15, 0.2) is 17.7 Å². The smallest absolute Gasteiger partial charge is 0.187 e. The molecular weight excluding hydrogens is 295 g/mol. The normalized spacial score (nSPS) is 13.3. The van der Waals surface area contributed by atoms with E-state index < -0.39 is 8.32 Å². The molecule has 0 N–H and O–H groups in total. The molecule has 1 rings (SSSR count). The van der Waals surface area contributed by atoms with Crippen molar-refractivity contribution in [2.24, 2.45) is 0 Å². The van der Waals surface area contributed by atoms with Crippen molar-refractivity contribution < 1.29 is 26.1 Å². The molecule has 0 unspecified atom stereocenters. The minimum absolute atomic E-state index is 0. The van der Waals surface area contributed by atoms with E-state index in [1.165, 1.54) is 5.57 Å². The van der Waals surface area contributed by atoms with Gasteiger partial charge in [0, 0.05) is 28.3 Å². The summed E-state index contributed by atoms with van der Waals surface area (Å²) in [6, 6.07) is 1.11. The van der Waals surface area contributed by atoms with Gasteiger partial charge in [0.25, 0.3) is 0 Å². The molecular formula is C11H21Cl2OSiTi-. The molecule has 0 aromatic heterocycles. The van der Waals surface area contributed by atoms with Gasteiger partial charge in [-0.1, -0.05) is 6.92 Å². The Bertz CT molecular complexity index is 230. The van der Waals surface area contributed by atoms with Gasteiger partial charge in [-0.2, -0.15) is 6.08 Å². The van der Waals surface area contributed by atoms with Gasteiger partial charge in [0.2, 0.25) is 0 Å². The van der Waals surface area contributed by atoms with E-state index >= 15 is 0 Å². The molecule has 1 nitrogen and oxygen atoms in total. The van der Waals surface area contributed by atoms with Crippen molar-refractivity contribution in [3.05, 3.63) is 23.8 Å². The maximum atomic E-state index is 5.88. The minimum atomic E-state index is -1.44. The third-order valence-corrected chi connectivity index (χ3v) is 4.30. The number of hydrogen-bond acceptors (Lipinski definition) is 1. The van der Waals surface area contributed by atoms with E-state index in [0.717, 1.165) is 25.5 Å². The molecule has 0 heterocycles. The Balaban J connectivity index is -0.000000563. The summed E-state index contributed by atoms with van der Waals surface area (Å²) in [7, 11) is -1.44. The molecule has 0 aromatic carbocycles. The fourth-order valence-corrected chi connectivity index (χ4v) is 3.48. The van der Waals surface area contributed by atoms with Crippen molar-refractivity contribution in [2.45, 2.75) is 38.9 Å². The van der Waals surface area contributed by atoms with E-state index in [1.807, 2.05) is 0 Å². The quantitative estimate of drug-likeness (QED) is 0.547. The zero-order valence-electron chi connectivity index (χ0n) is 10.2. The number of rotatable bonds is 5. The Hall–Kier alpha value is 0.951. The van der Waals surface area contributed by atoms with Crippen LogP contribution in [0.1, 0.15) is 19.8 Å². The molecule has 0 aliphatic heterocycles. The number of hydrogen-bond donors (Lipinski definition) is 0. The summed E-state index contributed by atoms with van der Waals surface area (Å²) in [5.41, 5.74) is 1.35. The van der Waals surface area contributed by atoms with Gasteiger partial charge in [-0.3, -0.25) is 6.08 Å². The molecule has 0 atom stereocenters. The van der Waals surface area contributed by atoms with Crippen LogP contribution >= 0.6 is 24.8 Å². The maximum Gasteiger partial charge on any atom is 0.187 e. The average molecular weight is 316 g/mol. The fraction of sp³-hybridized carbons (Fsp3) is 0.636. The van der Waals surface area contributed by atoms with Gasteiger partial charge in [-0.25, -0.2) is 11.6 Å². The van der Waals surface area contributed by atoms with Crippen LogP contribution < -0.4 is 0 Å². The van der Waals surface area contributed by atoms with Crippen molar-refractivity contribution >= 4 is 33.1 Å². The van der Waals surface area contributed by atoms with Crippen LogP contribution in [0, 0.1) is 6.08 Å². The molecule has 1 aliphatic carbocycles. The van der Waals surface area contributed by atoms with Crippen LogP contribution in [0.4, 0.5) is 0 Å². The molecule has 5 heteroatoms. The summed E-state index contributed by atoms with van der Waals surface area (Å²) in [6.45, 7) is 7.63. The Labute approximate surface area is 128 Å². The van der Waals surface area contributed by atoms with Gasteiger partial charge in [0.1, 0.15) is 0 Å². The van der Waals surface area contributed by atoms with Crippen molar-refractivity contribution in [3.63, 3.8) is 0 Å². The minimum Gasteiger partial charge on any atom is -0.417 e. The third-order valence-electron chi connectivity index (χ3n) is 2.08. The first-order chi connectivity index (χ1) is 6.14. The molecule has 0 spiro atoms. The summed E-state index contributed by atoms with van der Waals surface area (Å²) < 4.78 is 5.88. The second-order valence-corrected chi connectivity index (χ2v) is 8.26. The molecule has 0 amide bonds. The summed E-state index contributed by atoms with van der Waals surface area (Å²) >= 11 is 0. The van der Waals surface area contributed by atoms with Crippen molar-refractivity contribution in [1.29, 1.82) is 0 Å². The van der Waals surface area contributed by atoms with E-state index in [4.69, 9.17) is 4.43 Å². The molecule has 0 aromatic rings. The molecule has 16 heavy (non-hydrogen) atoms. The van der Waals surface area contributed by atoms with E-state index in [9.17, 15) is 0 Å². The molecule has 0 fully saturated rings. The van der Waals surface area contributed by atoms with Gasteiger partial charge < -0.3 is 4.43 Å². The summed E-state index contributed by atoms with van der Waals surface area (Å²) in [6.07, 6.45) is 9.81. The van der Waals surface area contributed by atoms with Crippen molar-refractivity contribution in [1.82, 2.24) is 0 Å². The fourth-order valence-electron chi connectivity index (χ4n) is 1.46. The Kier molecular flexibility index (Phi) is 15.3. The third kappa shape index (κ3) is 9.03. The van der Waals surface area contributed by atoms with Crippen LogP contribution in [-0.4, -0.2) is 14.9 Å². The molecule has 94 valence electrons. The zero-order chi connectivity index (χ0) is 9.73. The Morgan fingerprint density at radius 3 is 2.44 bits per heavy atom. The van der Waals surface area contributed by atoms with E-state index in [2.05, 4.69) is 38.2 Å². The predicted molar refractivity (Wildman–Crippen MR) is 73.5 cm³/mol. The predicted octanol–water partition coefficient (Wildman–Crippen LogP) is 4.15. The summed E-state index contributed by atoms with van der Waals surface area (Å²) in [5, 5.41) is 0. The van der Waals surface area contributed by atoms with E-state index in [1.54, 1.807) is 0 Å². The van der Waals surface area contributed by atoms with E-state index in [0.29, 0.717) is 0 Å². The molecule has 0 saturated heterocycles. The molecule has 0 radical (unpaired) electrons. The van der Waals surface area contributed by atoms with Gasteiger partial charge >= 0.3 is 0 Å². The Morgan fingerprint density at radius 1 is 1.38 bits per heavy atom. The standard InChI is InChI=1S/C11H19OSi.2ClH.Ti/c1-4-9-12-13(2,3)10-11-7-5-6-8-11;;;/h5,7H,4,6,9-10H2,1-3H3;2*1H;/q-1;;;. The second kappa shape index (κ2) is 11.1. The van der Waals surface area contributed by atoms with Crippen LogP contribution in [-0.2, 0) is 26.1 Å². The van der Waals surface area contributed by atoms with Crippen molar-refractivity contribution in [2.75, 3.05) is 6.61 Å². The Morgan fingerprint density at radius 2 is 2.00 bits per heavy atom. The largest absolute Gasteiger partial charge is 0.417 e. The SMILES string of the molecule is CCCO[Si](C)(C)CC1=[C-]CC=C1.Cl.Cl.[Ti].